The number of imidazole rings is 1. The van der Waals surface area contributed by atoms with Gasteiger partial charge in [0.15, 0.2) is 0 Å². The molecule has 22 heavy (non-hydrogen) atoms. The molecule has 6 heteroatoms. The number of carbonyl (C=O) groups is 1. The second kappa shape index (κ2) is 6.27. The molecule has 2 atom stereocenters. The molecule has 5 nitrogen and oxygen atoms in total. The van der Waals surface area contributed by atoms with E-state index in [2.05, 4.69) is 22.5 Å². The smallest absolute Gasteiger partial charge is 0.227 e. The van der Waals surface area contributed by atoms with Crippen molar-refractivity contribution in [1.29, 1.82) is 0 Å². The van der Waals surface area contributed by atoms with E-state index in [4.69, 9.17) is 0 Å². The van der Waals surface area contributed by atoms with Gasteiger partial charge < -0.3 is 15.2 Å². The van der Waals surface area contributed by atoms with E-state index in [1.807, 2.05) is 0 Å². The zero-order chi connectivity index (χ0) is 15.5. The van der Waals surface area contributed by atoms with E-state index in [0.29, 0.717) is 17.4 Å². The van der Waals surface area contributed by atoms with Gasteiger partial charge in [-0.05, 0) is 44.5 Å². The molecule has 1 aliphatic rings. The average molecular weight is 302 g/mol. The van der Waals surface area contributed by atoms with Crippen LogP contribution in [0.4, 0.5) is 10.1 Å². The van der Waals surface area contributed by atoms with Crippen LogP contribution in [0.15, 0.2) is 36.9 Å². The molecule has 1 aromatic carbocycles. The molecule has 1 aromatic heterocycles. The molecule has 2 heterocycles. The van der Waals surface area contributed by atoms with Gasteiger partial charge in [-0.3, -0.25) is 4.79 Å². The molecule has 0 spiro atoms. The van der Waals surface area contributed by atoms with Crippen molar-refractivity contribution in [3.05, 3.63) is 42.7 Å². The minimum Gasteiger partial charge on any atom is -0.326 e. The van der Waals surface area contributed by atoms with Crippen molar-refractivity contribution in [1.82, 2.24) is 14.9 Å². The summed E-state index contributed by atoms with van der Waals surface area (Å²) in [4.78, 5) is 16.2. The lowest BCUT2D eigenvalue weighted by Crippen LogP contribution is -2.40. The van der Waals surface area contributed by atoms with Crippen LogP contribution in [0, 0.1) is 11.7 Å². The molecule has 1 fully saturated rings. The molecule has 0 radical (unpaired) electrons. The first-order chi connectivity index (χ1) is 10.6. The first-order valence-electron chi connectivity index (χ1n) is 7.45. The number of hydrogen-bond donors (Lipinski definition) is 2. The van der Waals surface area contributed by atoms with Crippen LogP contribution in [-0.2, 0) is 4.79 Å². The van der Waals surface area contributed by atoms with E-state index < -0.39 is 5.82 Å². The zero-order valence-electron chi connectivity index (χ0n) is 12.4. The standard InChI is InChI=1S/C16H19FN4O/c1-11-8-12(4-5-19-11)16(22)20-13-2-3-15(14(17)9-13)21-7-6-18-10-21/h2-3,6-7,9-12,19H,4-5,8H2,1H3,(H,20,22)/t11-,12-/m0/s1. The van der Waals surface area contributed by atoms with Gasteiger partial charge in [0.1, 0.15) is 5.82 Å². The summed E-state index contributed by atoms with van der Waals surface area (Å²) in [6.07, 6.45) is 6.42. The zero-order valence-corrected chi connectivity index (χ0v) is 12.4. The minimum absolute atomic E-state index is 0.0207. The number of amides is 1. The molecule has 1 amide bonds. The molecule has 1 aliphatic heterocycles. The highest BCUT2D eigenvalue weighted by Gasteiger charge is 2.24. The number of benzene rings is 1. The Bertz CT molecular complexity index is 656. The average Bonchev–Trinajstić information content (AvgIpc) is 3.01. The summed E-state index contributed by atoms with van der Waals surface area (Å²) in [7, 11) is 0. The number of anilines is 1. The Morgan fingerprint density at radius 3 is 3.05 bits per heavy atom. The maximum atomic E-state index is 14.2. The Kier molecular flexibility index (Phi) is 4.20. The number of nitrogens with one attached hydrogen (secondary N) is 2. The minimum atomic E-state index is -0.394. The van der Waals surface area contributed by atoms with Crippen molar-refractivity contribution in [2.75, 3.05) is 11.9 Å². The van der Waals surface area contributed by atoms with Crippen LogP contribution in [0.5, 0.6) is 0 Å². The van der Waals surface area contributed by atoms with Crippen LogP contribution >= 0.6 is 0 Å². The van der Waals surface area contributed by atoms with Crippen molar-refractivity contribution >= 4 is 11.6 Å². The number of aromatic nitrogens is 2. The van der Waals surface area contributed by atoms with Crippen molar-refractivity contribution in [3.8, 4) is 5.69 Å². The van der Waals surface area contributed by atoms with Gasteiger partial charge in [0, 0.05) is 30.0 Å². The fourth-order valence-corrected chi connectivity index (χ4v) is 2.81. The maximum absolute atomic E-state index is 14.2. The summed E-state index contributed by atoms with van der Waals surface area (Å²) in [5.41, 5.74) is 0.892. The predicted molar refractivity (Wildman–Crippen MR) is 82.3 cm³/mol. The summed E-state index contributed by atoms with van der Waals surface area (Å²) < 4.78 is 15.8. The van der Waals surface area contributed by atoms with Gasteiger partial charge >= 0.3 is 0 Å². The van der Waals surface area contributed by atoms with E-state index in [1.54, 1.807) is 29.1 Å². The van der Waals surface area contributed by atoms with Crippen LogP contribution in [0.25, 0.3) is 5.69 Å². The molecule has 0 saturated carbocycles. The van der Waals surface area contributed by atoms with Gasteiger partial charge in [-0.2, -0.15) is 0 Å². The van der Waals surface area contributed by atoms with Gasteiger partial charge in [-0.15, -0.1) is 0 Å². The third kappa shape index (κ3) is 3.17. The summed E-state index contributed by atoms with van der Waals surface area (Å²) in [5, 5.41) is 6.13. The number of rotatable bonds is 3. The summed E-state index contributed by atoms with van der Waals surface area (Å²) in [6, 6.07) is 5.03. The molecule has 2 N–H and O–H groups in total. The van der Waals surface area contributed by atoms with Crippen LogP contribution in [0.3, 0.4) is 0 Å². The second-order valence-electron chi connectivity index (χ2n) is 5.70. The summed E-state index contributed by atoms with van der Waals surface area (Å²) >= 11 is 0. The van der Waals surface area contributed by atoms with Gasteiger partial charge in [0.05, 0.1) is 12.0 Å². The number of piperidine rings is 1. The molecule has 3 rings (SSSR count). The second-order valence-corrected chi connectivity index (χ2v) is 5.70. The van der Waals surface area contributed by atoms with E-state index in [1.165, 1.54) is 12.4 Å². The molecular weight excluding hydrogens is 283 g/mol. The Balaban J connectivity index is 1.70. The highest BCUT2D eigenvalue weighted by Crippen LogP contribution is 2.21. The monoisotopic (exact) mass is 302 g/mol. The lowest BCUT2D eigenvalue weighted by atomic mass is 9.92. The van der Waals surface area contributed by atoms with Gasteiger partial charge in [0.25, 0.3) is 0 Å². The maximum Gasteiger partial charge on any atom is 0.227 e. The van der Waals surface area contributed by atoms with Gasteiger partial charge in [-0.1, -0.05) is 0 Å². The van der Waals surface area contributed by atoms with Crippen molar-refractivity contribution in [3.63, 3.8) is 0 Å². The first kappa shape index (κ1) is 14.7. The lowest BCUT2D eigenvalue weighted by Gasteiger charge is -2.27. The number of carbonyl (C=O) groups excluding carboxylic acids is 1. The highest BCUT2D eigenvalue weighted by atomic mass is 19.1. The van der Waals surface area contributed by atoms with Gasteiger partial charge in [-0.25, -0.2) is 9.37 Å². The number of hydrogen-bond acceptors (Lipinski definition) is 3. The lowest BCUT2D eigenvalue weighted by molar-refractivity contribution is -0.120. The molecular formula is C16H19FN4O. The number of halogens is 1. The molecule has 116 valence electrons. The van der Waals surface area contributed by atoms with E-state index in [0.717, 1.165) is 19.4 Å². The quantitative estimate of drug-likeness (QED) is 0.915. The van der Waals surface area contributed by atoms with E-state index in [9.17, 15) is 9.18 Å². The van der Waals surface area contributed by atoms with Crippen molar-refractivity contribution in [2.24, 2.45) is 5.92 Å². The number of nitrogens with zero attached hydrogens (tertiary/aromatic N) is 2. The third-order valence-electron chi connectivity index (χ3n) is 3.99. The molecule has 0 aliphatic carbocycles. The topological polar surface area (TPSA) is 59.0 Å². The van der Waals surface area contributed by atoms with Crippen LogP contribution in [0.2, 0.25) is 0 Å². The van der Waals surface area contributed by atoms with Crippen LogP contribution in [-0.4, -0.2) is 28.0 Å². The Hall–Kier alpha value is -2.21. The van der Waals surface area contributed by atoms with E-state index in [-0.39, 0.29) is 11.8 Å². The molecule has 2 aromatic rings. The fourth-order valence-electron chi connectivity index (χ4n) is 2.81. The van der Waals surface area contributed by atoms with Crippen LogP contribution in [0.1, 0.15) is 19.8 Å². The first-order valence-corrected chi connectivity index (χ1v) is 7.45. The van der Waals surface area contributed by atoms with Crippen molar-refractivity contribution < 1.29 is 9.18 Å². The van der Waals surface area contributed by atoms with Crippen molar-refractivity contribution in [2.45, 2.75) is 25.8 Å². The normalized spacial score (nSPS) is 21.5. The summed E-state index contributed by atoms with van der Waals surface area (Å²) in [6.45, 7) is 2.91. The Morgan fingerprint density at radius 1 is 1.50 bits per heavy atom. The van der Waals surface area contributed by atoms with Gasteiger partial charge in [0.2, 0.25) is 5.91 Å². The predicted octanol–water partition coefficient (Wildman–Crippen LogP) is 2.34. The molecule has 1 saturated heterocycles. The van der Waals surface area contributed by atoms with E-state index >= 15 is 0 Å². The van der Waals surface area contributed by atoms with Crippen LogP contribution < -0.4 is 10.6 Å². The summed E-state index contributed by atoms with van der Waals surface area (Å²) in [5.74, 6) is -0.453. The Morgan fingerprint density at radius 2 is 2.36 bits per heavy atom. The third-order valence-corrected chi connectivity index (χ3v) is 3.99. The highest BCUT2D eigenvalue weighted by molar-refractivity contribution is 5.92. The Labute approximate surface area is 128 Å². The largest absolute Gasteiger partial charge is 0.326 e. The fraction of sp³-hybridized carbons (Fsp3) is 0.375. The molecule has 0 bridgehead atoms. The molecule has 0 unspecified atom stereocenters. The SMILES string of the molecule is C[C@H]1C[C@@H](C(=O)Nc2ccc(-n3ccnc3)c(F)c2)CCN1.